The highest BCUT2D eigenvalue weighted by atomic mass is 32.2. The lowest BCUT2D eigenvalue weighted by Crippen LogP contribution is -2.36. The molecule has 0 atom stereocenters. The molecule has 0 bridgehead atoms. The van der Waals surface area contributed by atoms with Gasteiger partial charge in [-0.3, -0.25) is 0 Å². The molecule has 0 spiro atoms. The molecular weight excluding hydrogens is 280 g/mol. The highest BCUT2D eigenvalue weighted by Crippen LogP contribution is 2.38. The fourth-order valence-electron chi connectivity index (χ4n) is 3.03. The molecule has 5 heteroatoms. The van der Waals surface area contributed by atoms with Crippen LogP contribution in [0, 0.1) is 6.92 Å². The summed E-state index contributed by atoms with van der Waals surface area (Å²) in [6.07, 6.45) is 9.82. The summed E-state index contributed by atoms with van der Waals surface area (Å²) < 4.78 is 0.377. The van der Waals surface area contributed by atoms with Gasteiger partial charge in [-0.05, 0) is 26.0 Å². The molecule has 0 aliphatic heterocycles. The first-order valence-electron chi connectivity index (χ1n) is 7.98. The number of thioether (sulfide) groups is 1. The standard InChI is InChI=1S/C16H28N4S/c1-5-13-19-14(17-3)12(2)15(20-13)18-11-16(21-4)9-7-6-8-10-16/h5-11H2,1-4H3,(H2,17,18,19,20). The first kappa shape index (κ1) is 16.4. The van der Waals surface area contributed by atoms with Crippen molar-refractivity contribution in [2.75, 3.05) is 30.5 Å². The van der Waals surface area contributed by atoms with Crippen molar-refractivity contribution in [2.45, 2.75) is 57.1 Å². The number of nitrogens with one attached hydrogen (secondary N) is 2. The van der Waals surface area contributed by atoms with Gasteiger partial charge in [0.05, 0.1) is 0 Å². The molecule has 0 aromatic carbocycles. The van der Waals surface area contributed by atoms with Gasteiger partial charge in [0, 0.05) is 30.3 Å². The number of nitrogens with zero attached hydrogens (tertiary/aromatic N) is 2. The van der Waals surface area contributed by atoms with E-state index in [1.807, 2.05) is 18.8 Å². The van der Waals surface area contributed by atoms with Gasteiger partial charge < -0.3 is 10.6 Å². The molecule has 1 aliphatic carbocycles. The van der Waals surface area contributed by atoms with E-state index in [1.165, 1.54) is 32.1 Å². The summed E-state index contributed by atoms with van der Waals surface area (Å²) in [5, 5.41) is 6.79. The van der Waals surface area contributed by atoms with Crippen molar-refractivity contribution in [1.29, 1.82) is 0 Å². The molecule has 1 aromatic heterocycles. The zero-order valence-electron chi connectivity index (χ0n) is 13.8. The minimum atomic E-state index is 0.377. The van der Waals surface area contributed by atoms with Crippen LogP contribution in [0.1, 0.15) is 50.4 Å². The van der Waals surface area contributed by atoms with Crippen molar-refractivity contribution in [3.05, 3.63) is 11.4 Å². The average Bonchev–Trinajstić information content (AvgIpc) is 2.54. The normalized spacial score (nSPS) is 17.5. The lowest BCUT2D eigenvalue weighted by atomic mass is 9.88. The molecule has 0 unspecified atom stereocenters. The third-order valence-corrected chi connectivity index (χ3v) is 5.94. The van der Waals surface area contributed by atoms with E-state index < -0.39 is 0 Å². The monoisotopic (exact) mass is 308 g/mol. The molecule has 1 aliphatic rings. The van der Waals surface area contributed by atoms with Crippen LogP contribution in [0.15, 0.2) is 0 Å². The van der Waals surface area contributed by atoms with Crippen LogP contribution < -0.4 is 10.6 Å². The summed E-state index contributed by atoms with van der Waals surface area (Å²) in [7, 11) is 1.92. The van der Waals surface area contributed by atoms with E-state index in [2.05, 4.69) is 40.7 Å². The fraction of sp³-hybridized carbons (Fsp3) is 0.750. The van der Waals surface area contributed by atoms with Crippen LogP contribution in [0.5, 0.6) is 0 Å². The van der Waals surface area contributed by atoms with Gasteiger partial charge in [0.1, 0.15) is 17.5 Å². The third kappa shape index (κ3) is 3.82. The van der Waals surface area contributed by atoms with Crippen LogP contribution in [0.3, 0.4) is 0 Å². The van der Waals surface area contributed by atoms with Gasteiger partial charge in [-0.15, -0.1) is 0 Å². The lowest BCUT2D eigenvalue weighted by molar-refractivity contribution is 0.411. The van der Waals surface area contributed by atoms with Gasteiger partial charge in [-0.1, -0.05) is 26.2 Å². The van der Waals surface area contributed by atoms with E-state index in [9.17, 15) is 0 Å². The summed E-state index contributed by atoms with van der Waals surface area (Å²) in [5.74, 6) is 2.82. The average molecular weight is 308 g/mol. The van der Waals surface area contributed by atoms with Crippen molar-refractivity contribution in [2.24, 2.45) is 0 Å². The van der Waals surface area contributed by atoms with Crippen LogP contribution >= 0.6 is 11.8 Å². The minimum absolute atomic E-state index is 0.377. The van der Waals surface area contributed by atoms with Crippen LogP contribution in [-0.2, 0) is 6.42 Å². The highest BCUT2D eigenvalue weighted by molar-refractivity contribution is 8.00. The minimum Gasteiger partial charge on any atom is -0.373 e. The van der Waals surface area contributed by atoms with Crippen LogP contribution in [0.2, 0.25) is 0 Å². The molecule has 0 amide bonds. The first-order valence-corrected chi connectivity index (χ1v) is 9.21. The summed E-state index contributed by atoms with van der Waals surface area (Å²) in [5.41, 5.74) is 1.11. The Kier molecular flexibility index (Phi) is 5.73. The Labute approximate surface area is 132 Å². The zero-order valence-corrected chi connectivity index (χ0v) is 14.6. The predicted molar refractivity (Wildman–Crippen MR) is 93.5 cm³/mol. The van der Waals surface area contributed by atoms with Crippen molar-refractivity contribution >= 4 is 23.4 Å². The van der Waals surface area contributed by atoms with Gasteiger partial charge in [0.2, 0.25) is 0 Å². The Morgan fingerprint density at radius 1 is 1.14 bits per heavy atom. The van der Waals surface area contributed by atoms with Gasteiger partial charge >= 0.3 is 0 Å². The Balaban J connectivity index is 2.14. The molecule has 1 fully saturated rings. The van der Waals surface area contributed by atoms with E-state index in [0.29, 0.717) is 4.75 Å². The van der Waals surface area contributed by atoms with E-state index in [1.54, 1.807) is 0 Å². The fourth-order valence-corrected chi connectivity index (χ4v) is 3.94. The van der Waals surface area contributed by atoms with E-state index >= 15 is 0 Å². The van der Waals surface area contributed by atoms with E-state index in [0.717, 1.165) is 36.0 Å². The first-order chi connectivity index (χ1) is 10.1. The topological polar surface area (TPSA) is 49.8 Å². The molecule has 0 radical (unpaired) electrons. The summed E-state index contributed by atoms with van der Waals surface area (Å²) in [6.45, 7) is 5.18. The molecule has 21 heavy (non-hydrogen) atoms. The Morgan fingerprint density at radius 2 is 1.81 bits per heavy atom. The lowest BCUT2D eigenvalue weighted by Gasteiger charge is -2.36. The number of rotatable bonds is 6. The number of anilines is 2. The highest BCUT2D eigenvalue weighted by Gasteiger charge is 2.31. The molecule has 4 nitrogen and oxygen atoms in total. The molecule has 2 N–H and O–H groups in total. The molecule has 0 saturated heterocycles. The van der Waals surface area contributed by atoms with Gasteiger partial charge in [-0.25, -0.2) is 9.97 Å². The quantitative estimate of drug-likeness (QED) is 0.835. The smallest absolute Gasteiger partial charge is 0.134 e. The van der Waals surface area contributed by atoms with Crippen LogP contribution in [-0.4, -0.2) is 34.6 Å². The second-order valence-electron chi connectivity index (χ2n) is 5.87. The van der Waals surface area contributed by atoms with Gasteiger partial charge in [0.25, 0.3) is 0 Å². The molecule has 1 heterocycles. The molecule has 1 aromatic rings. The van der Waals surface area contributed by atoms with Crippen LogP contribution in [0.4, 0.5) is 11.6 Å². The predicted octanol–water partition coefficient (Wildman–Crippen LogP) is 3.87. The Morgan fingerprint density at radius 3 is 2.38 bits per heavy atom. The van der Waals surface area contributed by atoms with E-state index in [4.69, 9.17) is 0 Å². The Bertz CT molecular complexity index is 470. The van der Waals surface area contributed by atoms with Gasteiger partial charge in [0.15, 0.2) is 0 Å². The number of aromatic nitrogens is 2. The zero-order chi connectivity index (χ0) is 15.3. The Hall–Kier alpha value is -0.970. The maximum absolute atomic E-state index is 4.68. The van der Waals surface area contributed by atoms with Crippen LogP contribution in [0.25, 0.3) is 0 Å². The second-order valence-corrected chi connectivity index (χ2v) is 7.14. The van der Waals surface area contributed by atoms with Crippen molar-refractivity contribution in [1.82, 2.24) is 9.97 Å². The van der Waals surface area contributed by atoms with Crippen molar-refractivity contribution < 1.29 is 0 Å². The molecule has 118 valence electrons. The largest absolute Gasteiger partial charge is 0.373 e. The number of aryl methyl sites for hydroxylation is 1. The molecule has 1 saturated carbocycles. The molecule has 2 rings (SSSR count). The third-order valence-electron chi connectivity index (χ3n) is 4.52. The maximum Gasteiger partial charge on any atom is 0.134 e. The van der Waals surface area contributed by atoms with Crippen molar-refractivity contribution in [3.8, 4) is 0 Å². The number of hydrogen-bond acceptors (Lipinski definition) is 5. The van der Waals surface area contributed by atoms with Crippen molar-refractivity contribution in [3.63, 3.8) is 0 Å². The number of hydrogen-bond donors (Lipinski definition) is 2. The van der Waals surface area contributed by atoms with E-state index in [-0.39, 0.29) is 0 Å². The SMILES string of the molecule is CCc1nc(NC)c(C)c(NCC2(SC)CCCCC2)n1. The molecular formula is C16H28N4S. The summed E-state index contributed by atoms with van der Waals surface area (Å²) in [6, 6.07) is 0. The maximum atomic E-state index is 4.68. The summed E-state index contributed by atoms with van der Waals surface area (Å²) >= 11 is 2.02. The van der Waals surface area contributed by atoms with Gasteiger partial charge in [-0.2, -0.15) is 11.8 Å². The second kappa shape index (κ2) is 7.34. The summed E-state index contributed by atoms with van der Waals surface area (Å²) in [4.78, 5) is 9.21.